The zero-order valence-corrected chi connectivity index (χ0v) is 29.3. The van der Waals surface area contributed by atoms with Crippen molar-refractivity contribution in [2.75, 3.05) is 0 Å². The van der Waals surface area contributed by atoms with Crippen LogP contribution in [-0.2, 0) is 0 Å². The van der Waals surface area contributed by atoms with Gasteiger partial charge in [-0.1, -0.05) is 176 Å². The molecule has 0 fully saturated rings. The molecule has 8 aromatic carbocycles. The van der Waals surface area contributed by atoms with E-state index in [1.165, 1.54) is 10.8 Å². The molecular weight excluding hydrogens is 657 g/mol. The van der Waals surface area contributed by atoms with E-state index in [1.807, 2.05) is 60.7 Å². The van der Waals surface area contributed by atoms with Gasteiger partial charge in [-0.3, -0.25) is 0 Å². The molecule has 0 spiro atoms. The average Bonchev–Trinajstić information content (AvgIpc) is 3.26. The lowest BCUT2D eigenvalue weighted by molar-refractivity contribution is 1.07. The molecule has 0 radical (unpaired) electrons. The van der Waals surface area contributed by atoms with E-state index in [2.05, 4.69) is 140 Å². The Morgan fingerprint density at radius 1 is 0.296 bits per heavy atom. The summed E-state index contributed by atoms with van der Waals surface area (Å²) in [7, 11) is 0. The van der Waals surface area contributed by atoms with Gasteiger partial charge in [-0.2, -0.15) is 5.26 Å². The van der Waals surface area contributed by atoms with Crippen LogP contribution in [0.25, 0.3) is 89.4 Å². The van der Waals surface area contributed by atoms with E-state index in [1.54, 1.807) is 0 Å². The smallest absolute Gasteiger partial charge is 0.164 e. The van der Waals surface area contributed by atoms with Crippen molar-refractivity contribution in [2.24, 2.45) is 0 Å². The number of nitrogens with zero attached hydrogens (tertiary/aromatic N) is 4. The molecule has 0 aliphatic heterocycles. The first-order valence-electron chi connectivity index (χ1n) is 17.9. The number of benzene rings is 8. The zero-order chi connectivity index (χ0) is 36.3. The van der Waals surface area contributed by atoms with Gasteiger partial charge in [0.2, 0.25) is 0 Å². The molecule has 4 nitrogen and oxygen atoms in total. The molecule has 0 bridgehead atoms. The summed E-state index contributed by atoms with van der Waals surface area (Å²) in [6, 6.07) is 68.8. The summed E-state index contributed by atoms with van der Waals surface area (Å²) in [5.41, 5.74) is 11.7. The molecule has 0 amide bonds. The standard InChI is InChI=1S/C50H32N4/c51-33-44-17-9-10-18-45(44)38-22-26-40(27-23-38)49-52-48(39-24-19-37(20-25-39)34-11-3-1-4-12-34)53-50(54-49)47-32-42(35-13-5-2-6-14-35)29-30-46(47)43-28-21-36-15-7-8-16-41(36)31-43/h1-32H. The van der Waals surface area contributed by atoms with Crippen molar-refractivity contribution in [3.05, 3.63) is 200 Å². The second kappa shape index (κ2) is 14.3. The summed E-state index contributed by atoms with van der Waals surface area (Å²) in [5, 5.41) is 12.1. The van der Waals surface area contributed by atoms with Gasteiger partial charge in [-0.25, -0.2) is 15.0 Å². The van der Waals surface area contributed by atoms with Gasteiger partial charge in [0.25, 0.3) is 0 Å². The summed E-state index contributed by atoms with van der Waals surface area (Å²) in [4.78, 5) is 15.5. The Bertz CT molecular complexity index is 2800. The second-order valence-corrected chi connectivity index (χ2v) is 13.2. The van der Waals surface area contributed by atoms with Gasteiger partial charge in [0, 0.05) is 16.7 Å². The summed E-state index contributed by atoms with van der Waals surface area (Å²) in [6.07, 6.45) is 0. The molecule has 9 rings (SSSR count). The average molecular weight is 689 g/mol. The molecule has 252 valence electrons. The van der Waals surface area contributed by atoms with Crippen LogP contribution in [0.1, 0.15) is 5.56 Å². The number of hydrogen-bond acceptors (Lipinski definition) is 4. The number of rotatable bonds is 7. The van der Waals surface area contributed by atoms with Gasteiger partial charge in [-0.05, 0) is 73.5 Å². The molecule has 1 heterocycles. The molecule has 0 aliphatic carbocycles. The molecule has 0 aliphatic rings. The maximum absolute atomic E-state index is 9.74. The highest BCUT2D eigenvalue weighted by Gasteiger charge is 2.18. The monoisotopic (exact) mass is 688 g/mol. The predicted octanol–water partition coefficient (Wildman–Crippen LogP) is 12.6. The third-order valence-corrected chi connectivity index (χ3v) is 9.82. The molecular formula is C50H32N4. The fraction of sp³-hybridized carbons (Fsp3) is 0. The van der Waals surface area contributed by atoms with E-state index in [9.17, 15) is 5.26 Å². The molecule has 0 N–H and O–H groups in total. The van der Waals surface area contributed by atoms with Crippen LogP contribution in [0.15, 0.2) is 194 Å². The highest BCUT2D eigenvalue weighted by molar-refractivity contribution is 5.92. The van der Waals surface area contributed by atoms with Crippen LogP contribution >= 0.6 is 0 Å². The summed E-state index contributed by atoms with van der Waals surface area (Å²) in [5.74, 6) is 1.74. The van der Waals surface area contributed by atoms with Gasteiger partial charge < -0.3 is 0 Å². The minimum atomic E-state index is 0.567. The molecule has 1 aromatic heterocycles. The third kappa shape index (κ3) is 6.43. The van der Waals surface area contributed by atoms with Crippen molar-refractivity contribution >= 4 is 10.8 Å². The minimum Gasteiger partial charge on any atom is -0.208 e. The Hall–Kier alpha value is -7.48. The molecule has 0 saturated heterocycles. The number of nitriles is 1. The van der Waals surface area contributed by atoms with E-state index < -0.39 is 0 Å². The third-order valence-electron chi connectivity index (χ3n) is 9.82. The fourth-order valence-corrected chi connectivity index (χ4v) is 6.98. The van der Waals surface area contributed by atoms with Crippen LogP contribution in [0.4, 0.5) is 0 Å². The SMILES string of the molecule is N#Cc1ccccc1-c1ccc(-c2nc(-c3ccc(-c4ccccc4)cc3)nc(-c3cc(-c4ccccc4)ccc3-c3ccc4ccccc4c3)n2)cc1. The van der Waals surface area contributed by atoms with Crippen LogP contribution < -0.4 is 0 Å². The van der Waals surface area contributed by atoms with Crippen LogP contribution in [0.3, 0.4) is 0 Å². The van der Waals surface area contributed by atoms with Crippen molar-refractivity contribution in [1.29, 1.82) is 5.26 Å². The van der Waals surface area contributed by atoms with Crippen molar-refractivity contribution in [3.8, 4) is 84.7 Å². The highest BCUT2D eigenvalue weighted by atomic mass is 15.0. The number of aromatic nitrogens is 3. The largest absolute Gasteiger partial charge is 0.208 e. The van der Waals surface area contributed by atoms with Crippen molar-refractivity contribution in [2.45, 2.75) is 0 Å². The lowest BCUT2D eigenvalue weighted by Crippen LogP contribution is -2.01. The first kappa shape index (κ1) is 32.4. The summed E-state index contributed by atoms with van der Waals surface area (Å²) in [6.45, 7) is 0. The van der Waals surface area contributed by atoms with E-state index in [0.29, 0.717) is 23.0 Å². The molecule has 0 atom stereocenters. The van der Waals surface area contributed by atoms with Gasteiger partial charge in [0.15, 0.2) is 17.5 Å². The van der Waals surface area contributed by atoms with Gasteiger partial charge in [0.1, 0.15) is 0 Å². The molecule has 4 heteroatoms. The predicted molar refractivity (Wildman–Crippen MR) is 220 cm³/mol. The molecule has 0 saturated carbocycles. The maximum atomic E-state index is 9.74. The second-order valence-electron chi connectivity index (χ2n) is 13.2. The Morgan fingerprint density at radius 3 is 1.44 bits per heavy atom. The lowest BCUT2D eigenvalue weighted by Gasteiger charge is -2.15. The Kier molecular flexibility index (Phi) is 8.57. The van der Waals surface area contributed by atoms with Gasteiger partial charge >= 0.3 is 0 Å². The van der Waals surface area contributed by atoms with Gasteiger partial charge in [0.05, 0.1) is 11.6 Å². The first-order valence-corrected chi connectivity index (χ1v) is 17.9. The van der Waals surface area contributed by atoms with E-state index in [4.69, 9.17) is 15.0 Å². The summed E-state index contributed by atoms with van der Waals surface area (Å²) >= 11 is 0. The van der Waals surface area contributed by atoms with Crippen LogP contribution in [0, 0.1) is 11.3 Å². The van der Waals surface area contributed by atoms with E-state index in [0.717, 1.165) is 61.2 Å². The zero-order valence-electron chi connectivity index (χ0n) is 29.3. The lowest BCUT2D eigenvalue weighted by atomic mass is 9.93. The highest BCUT2D eigenvalue weighted by Crippen LogP contribution is 2.37. The molecule has 0 unspecified atom stereocenters. The van der Waals surface area contributed by atoms with E-state index >= 15 is 0 Å². The Morgan fingerprint density at radius 2 is 0.778 bits per heavy atom. The Balaban J connectivity index is 1.23. The quantitative estimate of drug-likeness (QED) is 0.167. The van der Waals surface area contributed by atoms with Crippen LogP contribution in [0.5, 0.6) is 0 Å². The van der Waals surface area contributed by atoms with Crippen LogP contribution in [0.2, 0.25) is 0 Å². The first-order chi connectivity index (χ1) is 26.7. The maximum Gasteiger partial charge on any atom is 0.164 e. The number of hydrogen-bond donors (Lipinski definition) is 0. The minimum absolute atomic E-state index is 0.567. The van der Waals surface area contributed by atoms with Crippen molar-refractivity contribution in [3.63, 3.8) is 0 Å². The van der Waals surface area contributed by atoms with E-state index in [-0.39, 0.29) is 0 Å². The topological polar surface area (TPSA) is 62.5 Å². The van der Waals surface area contributed by atoms with Crippen LogP contribution in [-0.4, -0.2) is 15.0 Å². The molecule has 9 aromatic rings. The summed E-state index contributed by atoms with van der Waals surface area (Å²) < 4.78 is 0. The number of fused-ring (bicyclic) bond motifs is 1. The fourth-order valence-electron chi connectivity index (χ4n) is 6.98. The molecule has 54 heavy (non-hydrogen) atoms. The van der Waals surface area contributed by atoms with Gasteiger partial charge in [-0.15, -0.1) is 0 Å². The Labute approximate surface area is 314 Å². The normalized spacial score (nSPS) is 10.9. The van der Waals surface area contributed by atoms with Crippen molar-refractivity contribution < 1.29 is 0 Å². The van der Waals surface area contributed by atoms with Crippen molar-refractivity contribution in [1.82, 2.24) is 15.0 Å².